The second-order valence-electron chi connectivity index (χ2n) is 3.70. The van der Waals surface area contributed by atoms with Gasteiger partial charge < -0.3 is 10.1 Å². The predicted octanol–water partition coefficient (Wildman–Crippen LogP) is 2.19. The van der Waals surface area contributed by atoms with E-state index in [0.29, 0.717) is 6.04 Å². The molecular weight excluding hydrogens is 150 g/mol. The standard InChI is InChI=1S/C10H23NO/c1-6-9(3)11-8-10(4,7-2)12-5/h9,11H,6-8H2,1-5H3. The Morgan fingerprint density at radius 1 is 1.42 bits per heavy atom. The highest BCUT2D eigenvalue weighted by Crippen LogP contribution is 2.12. The summed E-state index contributed by atoms with van der Waals surface area (Å²) in [6, 6.07) is 0.589. The lowest BCUT2D eigenvalue weighted by Gasteiger charge is -2.28. The molecule has 0 rings (SSSR count). The van der Waals surface area contributed by atoms with E-state index in [1.54, 1.807) is 7.11 Å². The van der Waals surface area contributed by atoms with Gasteiger partial charge in [0.1, 0.15) is 0 Å². The first-order chi connectivity index (χ1) is 5.58. The number of nitrogens with one attached hydrogen (secondary N) is 1. The first kappa shape index (κ1) is 11.9. The zero-order chi connectivity index (χ0) is 9.61. The summed E-state index contributed by atoms with van der Waals surface area (Å²) in [6.45, 7) is 9.62. The average molecular weight is 173 g/mol. The van der Waals surface area contributed by atoms with Crippen molar-refractivity contribution in [2.75, 3.05) is 13.7 Å². The fraction of sp³-hybridized carbons (Fsp3) is 1.00. The number of ether oxygens (including phenoxy) is 1. The van der Waals surface area contributed by atoms with Crippen molar-refractivity contribution in [1.29, 1.82) is 0 Å². The van der Waals surface area contributed by atoms with E-state index in [4.69, 9.17) is 4.74 Å². The molecule has 0 aliphatic carbocycles. The lowest BCUT2D eigenvalue weighted by Crippen LogP contribution is -2.42. The summed E-state index contributed by atoms with van der Waals surface area (Å²) in [5.41, 5.74) is 0.00340. The molecule has 0 spiro atoms. The zero-order valence-electron chi connectivity index (χ0n) is 9.11. The van der Waals surface area contributed by atoms with E-state index in [2.05, 4.69) is 33.0 Å². The fourth-order valence-electron chi connectivity index (χ4n) is 0.876. The molecule has 0 saturated heterocycles. The van der Waals surface area contributed by atoms with Crippen LogP contribution in [0.15, 0.2) is 0 Å². The van der Waals surface area contributed by atoms with Crippen LogP contribution in [0.2, 0.25) is 0 Å². The predicted molar refractivity (Wildman–Crippen MR) is 53.5 cm³/mol. The minimum atomic E-state index is 0.00340. The first-order valence-electron chi connectivity index (χ1n) is 4.86. The van der Waals surface area contributed by atoms with Crippen molar-refractivity contribution in [1.82, 2.24) is 5.32 Å². The molecule has 2 unspecified atom stereocenters. The fourth-order valence-corrected chi connectivity index (χ4v) is 0.876. The van der Waals surface area contributed by atoms with Crippen LogP contribution in [-0.4, -0.2) is 25.3 Å². The Kier molecular flexibility index (Phi) is 5.51. The molecule has 0 aromatic heterocycles. The Morgan fingerprint density at radius 2 is 2.00 bits per heavy atom. The maximum atomic E-state index is 5.42. The van der Waals surface area contributed by atoms with Gasteiger partial charge in [-0.2, -0.15) is 0 Å². The van der Waals surface area contributed by atoms with Gasteiger partial charge >= 0.3 is 0 Å². The van der Waals surface area contributed by atoms with Gasteiger partial charge in [0, 0.05) is 19.7 Å². The summed E-state index contributed by atoms with van der Waals surface area (Å²) < 4.78 is 5.42. The summed E-state index contributed by atoms with van der Waals surface area (Å²) >= 11 is 0. The topological polar surface area (TPSA) is 21.3 Å². The molecule has 12 heavy (non-hydrogen) atoms. The van der Waals surface area contributed by atoms with E-state index in [1.165, 1.54) is 6.42 Å². The maximum Gasteiger partial charge on any atom is 0.0772 e. The highest BCUT2D eigenvalue weighted by atomic mass is 16.5. The molecule has 0 radical (unpaired) electrons. The van der Waals surface area contributed by atoms with Crippen molar-refractivity contribution in [3.05, 3.63) is 0 Å². The Labute approximate surface area is 76.7 Å². The van der Waals surface area contributed by atoms with Crippen LogP contribution in [0.25, 0.3) is 0 Å². The molecule has 2 nitrogen and oxygen atoms in total. The summed E-state index contributed by atoms with van der Waals surface area (Å²) in [6.07, 6.45) is 2.22. The van der Waals surface area contributed by atoms with Gasteiger partial charge in [-0.1, -0.05) is 13.8 Å². The quantitative estimate of drug-likeness (QED) is 0.665. The number of hydrogen-bond donors (Lipinski definition) is 1. The third-order valence-corrected chi connectivity index (χ3v) is 2.68. The van der Waals surface area contributed by atoms with E-state index in [0.717, 1.165) is 13.0 Å². The summed E-state index contributed by atoms with van der Waals surface area (Å²) in [5.74, 6) is 0. The molecule has 2 atom stereocenters. The van der Waals surface area contributed by atoms with Crippen molar-refractivity contribution in [2.45, 2.75) is 52.2 Å². The monoisotopic (exact) mass is 173 g/mol. The van der Waals surface area contributed by atoms with Crippen molar-refractivity contribution in [3.63, 3.8) is 0 Å². The van der Waals surface area contributed by atoms with E-state index >= 15 is 0 Å². The minimum absolute atomic E-state index is 0.00340. The Hall–Kier alpha value is -0.0800. The van der Waals surface area contributed by atoms with Crippen LogP contribution in [0, 0.1) is 0 Å². The Bertz CT molecular complexity index is 110. The average Bonchev–Trinajstić information content (AvgIpc) is 2.13. The smallest absolute Gasteiger partial charge is 0.0772 e. The maximum absolute atomic E-state index is 5.42. The van der Waals surface area contributed by atoms with Gasteiger partial charge in [0.2, 0.25) is 0 Å². The number of rotatable bonds is 6. The summed E-state index contributed by atoms with van der Waals surface area (Å²) in [7, 11) is 1.78. The lowest BCUT2D eigenvalue weighted by molar-refractivity contribution is 0.00195. The van der Waals surface area contributed by atoms with E-state index in [-0.39, 0.29) is 5.60 Å². The van der Waals surface area contributed by atoms with Crippen molar-refractivity contribution >= 4 is 0 Å². The first-order valence-corrected chi connectivity index (χ1v) is 4.86. The van der Waals surface area contributed by atoms with Crippen LogP contribution in [0.3, 0.4) is 0 Å². The van der Waals surface area contributed by atoms with Gasteiger partial charge in [0.25, 0.3) is 0 Å². The van der Waals surface area contributed by atoms with E-state index < -0.39 is 0 Å². The normalized spacial score (nSPS) is 18.8. The molecule has 1 N–H and O–H groups in total. The molecule has 0 amide bonds. The van der Waals surface area contributed by atoms with E-state index in [9.17, 15) is 0 Å². The molecule has 0 aliphatic heterocycles. The highest BCUT2D eigenvalue weighted by Gasteiger charge is 2.20. The number of hydrogen-bond acceptors (Lipinski definition) is 2. The zero-order valence-corrected chi connectivity index (χ0v) is 9.11. The molecule has 0 aliphatic rings. The van der Waals surface area contributed by atoms with Gasteiger partial charge in [-0.15, -0.1) is 0 Å². The molecule has 0 saturated carbocycles. The molecule has 0 fully saturated rings. The molecular formula is C10H23NO. The van der Waals surface area contributed by atoms with Crippen molar-refractivity contribution in [3.8, 4) is 0 Å². The van der Waals surface area contributed by atoms with Gasteiger partial charge in [-0.25, -0.2) is 0 Å². The Balaban J connectivity index is 3.72. The largest absolute Gasteiger partial charge is 0.377 e. The molecule has 74 valence electrons. The molecule has 0 heterocycles. The van der Waals surface area contributed by atoms with E-state index in [1.807, 2.05) is 0 Å². The van der Waals surface area contributed by atoms with Crippen LogP contribution in [0.4, 0.5) is 0 Å². The van der Waals surface area contributed by atoms with Crippen molar-refractivity contribution in [2.24, 2.45) is 0 Å². The number of methoxy groups -OCH3 is 1. The second kappa shape index (κ2) is 5.55. The molecule has 2 heteroatoms. The van der Waals surface area contributed by atoms with Crippen LogP contribution >= 0.6 is 0 Å². The van der Waals surface area contributed by atoms with Crippen LogP contribution in [0.5, 0.6) is 0 Å². The van der Waals surface area contributed by atoms with Gasteiger partial charge in [0.15, 0.2) is 0 Å². The highest BCUT2D eigenvalue weighted by molar-refractivity contribution is 4.77. The summed E-state index contributed by atoms with van der Waals surface area (Å²) in [4.78, 5) is 0. The van der Waals surface area contributed by atoms with Gasteiger partial charge in [-0.05, 0) is 26.7 Å². The second-order valence-corrected chi connectivity index (χ2v) is 3.70. The molecule has 0 bridgehead atoms. The summed E-state index contributed by atoms with van der Waals surface area (Å²) in [5, 5.41) is 3.45. The van der Waals surface area contributed by atoms with Crippen LogP contribution in [0.1, 0.15) is 40.5 Å². The molecule has 0 aromatic carbocycles. The van der Waals surface area contributed by atoms with Gasteiger partial charge in [-0.3, -0.25) is 0 Å². The van der Waals surface area contributed by atoms with Crippen LogP contribution < -0.4 is 5.32 Å². The SMILES string of the molecule is CCC(C)NCC(C)(CC)OC. The lowest BCUT2D eigenvalue weighted by atomic mass is 10.0. The Morgan fingerprint density at radius 3 is 2.33 bits per heavy atom. The minimum Gasteiger partial charge on any atom is -0.377 e. The molecule has 0 aromatic rings. The third-order valence-electron chi connectivity index (χ3n) is 2.68. The van der Waals surface area contributed by atoms with Gasteiger partial charge in [0.05, 0.1) is 5.60 Å². The van der Waals surface area contributed by atoms with Crippen LogP contribution in [-0.2, 0) is 4.74 Å². The third kappa shape index (κ3) is 4.07. The van der Waals surface area contributed by atoms with Crippen molar-refractivity contribution < 1.29 is 4.74 Å².